The molecule has 1 aromatic carbocycles. The molecule has 0 bridgehead atoms. The molecule has 1 aliphatic carbocycles. The Labute approximate surface area is 161 Å². The second-order valence-electron chi connectivity index (χ2n) is 8.06. The van der Waals surface area contributed by atoms with E-state index in [-0.39, 0.29) is 23.4 Å². The Kier molecular flexibility index (Phi) is 6.42. The zero-order valence-corrected chi connectivity index (χ0v) is 16.6. The van der Waals surface area contributed by atoms with E-state index < -0.39 is 11.7 Å². The van der Waals surface area contributed by atoms with Gasteiger partial charge in [-0.3, -0.25) is 10.0 Å². The Balaban J connectivity index is 2.08. The maximum absolute atomic E-state index is 13.5. The van der Waals surface area contributed by atoms with Crippen LogP contribution >= 0.6 is 0 Å². The summed E-state index contributed by atoms with van der Waals surface area (Å²) in [7, 11) is 0. The van der Waals surface area contributed by atoms with Gasteiger partial charge in [0.25, 0.3) is 5.91 Å². The summed E-state index contributed by atoms with van der Waals surface area (Å²) in [5.74, 6) is -0.637. The van der Waals surface area contributed by atoms with E-state index in [0.29, 0.717) is 16.5 Å². The first kappa shape index (κ1) is 21.1. The van der Waals surface area contributed by atoms with Crippen molar-refractivity contribution < 1.29 is 14.4 Å². The SMILES string of the molecule is C=C[C@]1(C)CC[C@@H](C(=C)CN(O)C(=O)c2cc(F)ccc2C)C[C@H]1C(=C)C. The molecule has 1 aliphatic rings. The summed E-state index contributed by atoms with van der Waals surface area (Å²) in [6.45, 7) is 18.2. The second-order valence-corrected chi connectivity index (χ2v) is 8.06. The number of amides is 1. The summed E-state index contributed by atoms with van der Waals surface area (Å²) in [6.07, 6.45) is 4.77. The molecule has 0 saturated heterocycles. The topological polar surface area (TPSA) is 40.5 Å². The molecule has 1 saturated carbocycles. The number of carbonyl (C=O) groups is 1. The molecule has 3 atom stereocenters. The van der Waals surface area contributed by atoms with Gasteiger partial charge in [-0.25, -0.2) is 9.45 Å². The molecule has 2 rings (SSSR count). The third-order valence-electron chi connectivity index (χ3n) is 6.00. The molecule has 1 fully saturated rings. The largest absolute Gasteiger partial charge is 0.285 e. The van der Waals surface area contributed by atoms with Crippen LogP contribution in [0.15, 0.2) is 55.2 Å². The fraction of sp³-hybridized carbons (Fsp3) is 0.435. The molecule has 27 heavy (non-hydrogen) atoms. The van der Waals surface area contributed by atoms with Crippen molar-refractivity contribution in [3.63, 3.8) is 0 Å². The number of aryl methyl sites for hydroxylation is 1. The van der Waals surface area contributed by atoms with Crippen LogP contribution in [0.25, 0.3) is 0 Å². The molecule has 0 radical (unpaired) electrons. The van der Waals surface area contributed by atoms with Gasteiger partial charge in [-0.2, -0.15) is 0 Å². The van der Waals surface area contributed by atoms with Crippen LogP contribution in [0.4, 0.5) is 4.39 Å². The molecule has 0 spiro atoms. The van der Waals surface area contributed by atoms with E-state index in [1.54, 1.807) is 6.92 Å². The number of hydroxylamine groups is 2. The van der Waals surface area contributed by atoms with Gasteiger partial charge in [-0.15, -0.1) is 6.58 Å². The number of benzene rings is 1. The van der Waals surface area contributed by atoms with E-state index in [1.807, 2.05) is 13.0 Å². The van der Waals surface area contributed by atoms with E-state index in [1.165, 1.54) is 12.1 Å². The molecule has 1 amide bonds. The van der Waals surface area contributed by atoms with Gasteiger partial charge in [0.05, 0.1) is 6.54 Å². The predicted octanol–water partition coefficient (Wildman–Crippen LogP) is 5.71. The van der Waals surface area contributed by atoms with Gasteiger partial charge in [0.15, 0.2) is 0 Å². The summed E-state index contributed by atoms with van der Waals surface area (Å²) in [5.41, 5.74) is 2.70. The van der Waals surface area contributed by atoms with Crippen molar-refractivity contribution in [1.29, 1.82) is 0 Å². The highest BCUT2D eigenvalue weighted by atomic mass is 19.1. The van der Waals surface area contributed by atoms with Crippen LogP contribution in [0.5, 0.6) is 0 Å². The van der Waals surface area contributed by atoms with Crippen LogP contribution in [0, 0.1) is 30.0 Å². The van der Waals surface area contributed by atoms with E-state index in [9.17, 15) is 14.4 Å². The van der Waals surface area contributed by atoms with Crippen molar-refractivity contribution in [1.82, 2.24) is 5.06 Å². The zero-order chi connectivity index (χ0) is 20.4. The lowest BCUT2D eigenvalue weighted by Gasteiger charge is -2.44. The Hall–Kier alpha value is -2.20. The van der Waals surface area contributed by atoms with E-state index >= 15 is 0 Å². The minimum atomic E-state index is -0.614. The van der Waals surface area contributed by atoms with Gasteiger partial charge in [-0.05, 0) is 68.1 Å². The average molecular weight is 371 g/mol. The first-order valence-electron chi connectivity index (χ1n) is 9.32. The lowest BCUT2D eigenvalue weighted by molar-refractivity contribution is -0.0533. The summed E-state index contributed by atoms with van der Waals surface area (Å²) >= 11 is 0. The first-order valence-corrected chi connectivity index (χ1v) is 9.32. The number of hydrogen-bond donors (Lipinski definition) is 1. The Bertz CT molecular complexity index is 770. The minimum Gasteiger partial charge on any atom is -0.285 e. The quantitative estimate of drug-likeness (QED) is 0.395. The lowest BCUT2D eigenvalue weighted by atomic mass is 9.61. The number of halogens is 1. The number of hydrogen-bond acceptors (Lipinski definition) is 2. The molecule has 0 heterocycles. The number of nitrogens with zero attached hydrogens (tertiary/aromatic N) is 1. The highest BCUT2D eigenvalue weighted by Crippen LogP contribution is 2.48. The fourth-order valence-electron chi connectivity index (χ4n) is 4.07. The molecule has 1 aromatic rings. The van der Waals surface area contributed by atoms with Crippen molar-refractivity contribution in [3.05, 3.63) is 72.1 Å². The molecule has 0 unspecified atom stereocenters. The van der Waals surface area contributed by atoms with E-state index in [2.05, 4.69) is 26.7 Å². The third-order valence-corrected chi connectivity index (χ3v) is 6.00. The molecule has 4 heteroatoms. The molecule has 3 nitrogen and oxygen atoms in total. The standard InChI is InChI=1S/C23H30FNO2/c1-7-23(6)11-10-18(12-21(23)15(2)3)17(5)14-25(27)22(26)20-13-19(24)9-8-16(20)4/h7-9,13,18,21,27H,1-2,5,10-12,14H2,3-4,6H3/t18-,21+,23-/m1/s1. The predicted molar refractivity (Wildman–Crippen MR) is 107 cm³/mol. The molecular formula is C23H30FNO2. The van der Waals surface area contributed by atoms with Gasteiger partial charge in [0, 0.05) is 5.56 Å². The van der Waals surface area contributed by atoms with Crippen LogP contribution in [-0.4, -0.2) is 22.7 Å². The number of carbonyl (C=O) groups excluding carboxylic acids is 1. The van der Waals surface area contributed by atoms with Crippen molar-refractivity contribution in [2.24, 2.45) is 17.3 Å². The molecule has 0 aromatic heterocycles. The van der Waals surface area contributed by atoms with Crippen molar-refractivity contribution >= 4 is 5.91 Å². The lowest BCUT2D eigenvalue weighted by Crippen LogP contribution is -2.36. The number of rotatable bonds is 6. The molecule has 0 aliphatic heterocycles. The van der Waals surface area contributed by atoms with Crippen LogP contribution in [-0.2, 0) is 0 Å². The molecule has 146 valence electrons. The van der Waals surface area contributed by atoms with Gasteiger partial charge >= 0.3 is 0 Å². The average Bonchev–Trinajstić information content (AvgIpc) is 2.62. The smallest absolute Gasteiger partial charge is 0.277 e. The van der Waals surface area contributed by atoms with Crippen LogP contribution < -0.4 is 0 Å². The summed E-state index contributed by atoms with van der Waals surface area (Å²) in [5, 5.41) is 10.9. The van der Waals surface area contributed by atoms with Crippen LogP contribution in [0.3, 0.4) is 0 Å². The second kappa shape index (κ2) is 8.22. The molecule has 1 N–H and O–H groups in total. The first-order chi connectivity index (χ1) is 12.6. The Morgan fingerprint density at radius 3 is 2.70 bits per heavy atom. The Morgan fingerprint density at radius 1 is 1.44 bits per heavy atom. The van der Waals surface area contributed by atoms with Crippen LogP contribution in [0.2, 0.25) is 0 Å². The van der Waals surface area contributed by atoms with Gasteiger partial charge in [0.2, 0.25) is 0 Å². The van der Waals surface area contributed by atoms with Gasteiger partial charge < -0.3 is 0 Å². The third kappa shape index (κ3) is 4.56. The maximum Gasteiger partial charge on any atom is 0.277 e. The minimum absolute atomic E-state index is 0.00993. The summed E-state index contributed by atoms with van der Waals surface area (Å²) in [4.78, 5) is 12.5. The molecular weight excluding hydrogens is 341 g/mol. The van der Waals surface area contributed by atoms with E-state index in [0.717, 1.165) is 36.5 Å². The van der Waals surface area contributed by atoms with Crippen molar-refractivity contribution in [2.45, 2.75) is 40.0 Å². The Morgan fingerprint density at radius 2 is 2.11 bits per heavy atom. The van der Waals surface area contributed by atoms with E-state index in [4.69, 9.17) is 0 Å². The van der Waals surface area contributed by atoms with Crippen molar-refractivity contribution in [2.75, 3.05) is 6.54 Å². The number of allylic oxidation sites excluding steroid dienone is 2. The van der Waals surface area contributed by atoms with Gasteiger partial charge in [0.1, 0.15) is 5.82 Å². The highest BCUT2D eigenvalue weighted by molar-refractivity contribution is 5.95. The highest BCUT2D eigenvalue weighted by Gasteiger charge is 2.39. The maximum atomic E-state index is 13.5. The van der Waals surface area contributed by atoms with Crippen LogP contribution in [0.1, 0.15) is 49.0 Å². The monoisotopic (exact) mass is 371 g/mol. The van der Waals surface area contributed by atoms with Gasteiger partial charge in [-0.1, -0.05) is 43.4 Å². The fourth-order valence-corrected chi connectivity index (χ4v) is 4.07. The zero-order valence-electron chi connectivity index (χ0n) is 16.6. The summed E-state index contributed by atoms with van der Waals surface area (Å²) < 4.78 is 13.5. The normalized spacial score (nSPS) is 24.9. The summed E-state index contributed by atoms with van der Waals surface area (Å²) in [6, 6.07) is 3.97. The van der Waals surface area contributed by atoms with Crippen molar-refractivity contribution in [3.8, 4) is 0 Å².